The van der Waals surface area contributed by atoms with E-state index >= 15 is 0 Å². The Labute approximate surface area is 122 Å². The maximum Gasteiger partial charge on any atom is 0.269 e. The Morgan fingerprint density at radius 2 is 2.25 bits per heavy atom. The van der Waals surface area contributed by atoms with Gasteiger partial charge in [-0.3, -0.25) is 9.89 Å². The third-order valence-electron chi connectivity index (χ3n) is 3.02. The van der Waals surface area contributed by atoms with Gasteiger partial charge >= 0.3 is 0 Å². The number of H-pyrrole nitrogens is 1. The number of rotatable bonds is 5. The molecule has 0 saturated carbocycles. The Hall–Kier alpha value is -1.85. The number of nitrogens with zero attached hydrogens (tertiary/aromatic N) is 1. The van der Waals surface area contributed by atoms with Gasteiger partial charge in [0.25, 0.3) is 5.91 Å². The average Bonchev–Trinajstić information content (AvgIpc) is 2.94. The molecule has 0 aliphatic heterocycles. The molecule has 0 radical (unpaired) electrons. The summed E-state index contributed by atoms with van der Waals surface area (Å²) in [4.78, 5) is 12.0. The molecule has 20 heavy (non-hydrogen) atoms. The van der Waals surface area contributed by atoms with Crippen molar-refractivity contribution in [3.63, 3.8) is 0 Å². The number of amides is 1. The summed E-state index contributed by atoms with van der Waals surface area (Å²) in [5.41, 5.74) is 1.71. The maximum atomic E-state index is 12.0. The van der Waals surface area contributed by atoms with Gasteiger partial charge in [0, 0.05) is 5.56 Å². The summed E-state index contributed by atoms with van der Waals surface area (Å²) in [6.07, 6.45) is 0.660. The number of nitrogens with one attached hydrogen (secondary N) is 2. The molecule has 0 aliphatic carbocycles. The van der Waals surface area contributed by atoms with Crippen LogP contribution in [-0.4, -0.2) is 33.9 Å². The van der Waals surface area contributed by atoms with Crippen molar-refractivity contribution >= 4 is 17.5 Å². The summed E-state index contributed by atoms with van der Waals surface area (Å²) in [7, 11) is 0. The lowest BCUT2D eigenvalue weighted by atomic mass is 10.1. The van der Waals surface area contributed by atoms with Gasteiger partial charge in [0.2, 0.25) is 0 Å². The third-order valence-corrected chi connectivity index (χ3v) is 3.35. The van der Waals surface area contributed by atoms with Gasteiger partial charge < -0.3 is 10.4 Å². The van der Waals surface area contributed by atoms with Crippen molar-refractivity contribution in [2.75, 3.05) is 6.61 Å². The second-order valence-corrected chi connectivity index (χ2v) is 4.82. The molecule has 2 rings (SSSR count). The van der Waals surface area contributed by atoms with Crippen LogP contribution < -0.4 is 5.32 Å². The van der Waals surface area contributed by atoms with E-state index in [1.807, 2.05) is 25.1 Å². The lowest BCUT2D eigenvalue weighted by Gasteiger charge is -2.12. The predicted molar refractivity (Wildman–Crippen MR) is 77.7 cm³/mol. The highest BCUT2D eigenvalue weighted by Crippen LogP contribution is 2.26. The number of aromatic nitrogens is 2. The number of aliphatic hydroxyl groups excluding tert-OH is 1. The molecule has 0 spiro atoms. The van der Waals surface area contributed by atoms with Gasteiger partial charge in [0.05, 0.1) is 23.4 Å². The zero-order valence-corrected chi connectivity index (χ0v) is 11.8. The Bertz CT molecular complexity index is 594. The van der Waals surface area contributed by atoms with Gasteiger partial charge in [-0.05, 0) is 18.6 Å². The van der Waals surface area contributed by atoms with Crippen LogP contribution in [0.5, 0.6) is 0 Å². The number of aromatic amines is 1. The summed E-state index contributed by atoms with van der Waals surface area (Å²) in [5, 5.41) is 19.2. The molecule has 106 valence electrons. The Morgan fingerprint density at radius 3 is 2.90 bits per heavy atom. The summed E-state index contributed by atoms with van der Waals surface area (Å²) in [5.74, 6) is -0.295. The van der Waals surface area contributed by atoms with Crippen molar-refractivity contribution in [1.82, 2.24) is 15.5 Å². The van der Waals surface area contributed by atoms with Gasteiger partial charge in [-0.25, -0.2) is 0 Å². The maximum absolute atomic E-state index is 12.0. The quantitative estimate of drug-likeness (QED) is 0.791. The predicted octanol–water partition coefficient (Wildman–Crippen LogP) is 2.23. The van der Waals surface area contributed by atoms with Crippen molar-refractivity contribution < 1.29 is 9.90 Å². The van der Waals surface area contributed by atoms with Crippen molar-refractivity contribution in [3.8, 4) is 11.3 Å². The van der Waals surface area contributed by atoms with Gasteiger partial charge in [0.1, 0.15) is 5.69 Å². The molecule has 1 unspecified atom stereocenters. The molecule has 1 amide bonds. The largest absolute Gasteiger partial charge is 0.394 e. The molecule has 1 heterocycles. The van der Waals surface area contributed by atoms with Crippen LogP contribution in [0.1, 0.15) is 23.8 Å². The SMILES string of the molecule is CCC(CO)NC(=O)c1cc(-c2ccccc2Cl)n[nH]1. The van der Waals surface area contributed by atoms with Crippen LogP contribution in [0.15, 0.2) is 30.3 Å². The van der Waals surface area contributed by atoms with Gasteiger partial charge in [-0.2, -0.15) is 5.10 Å². The number of carbonyl (C=O) groups excluding carboxylic acids is 1. The van der Waals surface area contributed by atoms with E-state index in [4.69, 9.17) is 16.7 Å². The van der Waals surface area contributed by atoms with Crippen LogP contribution in [0.4, 0.5) is 0 Å². The normalized spacial score (nSPS) is 12.2. The van der Waals surface area contributed by atoms with Gasteiger partial charge in [0.15, 0.2) is 0 Å². The van der Waals surface area contributed by atoms with E-state index in [9.17, 15) is 4.79 Å². The van der Waals surface area contributed by atoms with Crippen molar-refractivity contribution in [1.29, 1.82) is 0 Å². The topological polar surface area (TPSA) is 78.0 Å². The van der Waals surface area contributed by atoms with E-state index in [0.717, 1.165) is 5.56 Å². The molecule has 6 heteroatoms. The van der Waals surface area contributed by atoms with E-state index in [1.165, 1.54) is 0 Å². The zero-order chi connectivity index (χ0) is 14.5. The summed E-state index contributed by atoms with van der Waals surface area (Å²) in [6.45, 7) is 1.80. The highest BCUT2D eigenvalue weighted by molar-refractivity contribution is 6.33. The van der Waals surface area contributed by atoms with Gasteiger partial charge in [-0.15, -0.1) is 0 Å². The van der Waals surface area contributed by atoms with Crippen molar-refractivity contribution in [2.45, 2.75) is 19.4 Å². The number of halogens is 1. The first-order valence-electron chi connectivity index (χ1n) is 6.37. The number of carbonyl (C=O) groups is 1. The van der Waals surface area contributed by atoms with E-state index in [0.29, 0.717) is 22.8 Å². The number of benzene rings is 1. The van der Waals surface area contributed by atoms with E-state index in [1.54, 1.807) is 12.1 Å². The molecule has 2 aromatic rings. The second-order valence-electron chi connectivity index (χ2n) is 4.41. The van der Waals surface area contributed by atoms with Crippen LogP contribution >= 0.6 is 11.6 Å². The molecular weight excluding hydrogens is 278 g/mol. The minimum Gasteiger partial charge on any atom is -0.394 e. The lowest BCUT2D eigenvalue weighted by molar-refractivity contribution is 0.0910. The first-order valence-corrected chi connectivity index (χ1v) is 6.75. The van der Waals surface area contributed by atoms with E-state index in [-0.39, 0.29) is 18.6 Å². The third kappa shape index (κ3) is 3.18. The minimum atomic E-state index is -0.295. The smallest absolute Gasteiger partial charge is 0.269 e. The summed E-state index contributed by atoms with van der Waals surface area (Å²) in [6, 6.07) is 8.68. The second kappa shape index (κ2) is 6.54. The molecule has 0 saturated heterocycles. The summed E-state index contributed by atoms with van der Waals surface area (Å²) >= 11 is 6.09. The standard InChI is InChI=1S/C14H16ClN3O2/c1-2-9(8-19)16-14(20)13-7-12(17-18-13)10-5-3-4-6-11(10)15/h3-7,9,19H,2,8H2,1H3,(H,16,20)(H,17,18). The van der Waals surface area contributed by atoms with Gasteiger partial charge in [-0.1, -0.05) is 36.7 Å². The molecule has 1 aromatic heterocycles. The molecule has 1 aromatic carbocycles. The molecule has 0 bridgehead atoms. The van der Waals surface area contributed by atoms with Crippen LogP contribution in [0, 0.1) is 0 Å². The summed E-state index contributed by atoms with van der Waals surface area (Å²) < 4.78 is 0. The van der Waals surface area contributed by atoms with Crippen molar-refractivity contribution in [3.05, 3.63) is 41.0 Å². The van der Waals surface area contributed by atoms with E-state index in [2.05, 4.69) is 15.5 Å². The molecule has 1 atom stereocenters. The highest BCUT2D eigenvalue weighted by Gasteiger charge is 2.15. The molecule has 0 aliphatic rings. The molecule has 3 N–H and O–H groups in total. The van der Waals surface area contributed by atoms with Crippen LogP contribution in [0.2, 0.25) is 5.02 Å². The minimum absolute atomic E-state index is 0.0895. The number of aliphatic hydroxyl groups is 1. The fourth-order valence-electron chi connectivity index (χ4n) is 1.78. The Morgan fingerprint density at radius 1 is 1.50 bits per heavy atom. The first-order chi connectivity index (χ1) is 9.65. The van der Waals surface area contributed by atoms with Crippen molar-refractivity contribution in [2.24, 2.45) is 0 Å². The zero-order valence-electron chi connectivity index (χ0n) is 11.1. The van der Waals surface area contributed by atoms with Crippen LogP contribution in [0.25, 0.3) is 11.3 Å². The highest BCUT2D eigenvalue weighted by atomic mass is 35.5. The first kappa shape index (κ1) is 14.6. The van der Waals surface area contributed by atoms with Crippen LogP contribution in [-0.2, 0) is 0 Å². The lowest BCUT2D eigenvalue weighted by Crippen LogP contribution is -2.37. The molecule has 5 nitrogen and oxygen atoms in total. The van der Waals surface area contributed by atoms with Crippen LogP contribution in [0.3, 0.4) is 0 Å². The molecule has 0 fully saturated rings. The number of hydrogen-bond acceptors (Lipinski definition) is 3. The Balaban J connectivity index is 2.17. The van der Waals surface area contributed by atoms with E-state index < -0.39 is 0 Å². The monoisotopic (exact) mass is 293 g/mol. The average molecular weight is 294 g/mol. The Kier molecular flexibility index (Phi) is 4.76. The fraction of sp³-hybridized carbons (Fsp3) is 0.286. The number of hydrogen-bond donors (Lipinski definition) is 3. The molecular formula is C14H16ClN3O2. The fourth-order valence-corrected chi connectivity index (χ4v) is 2.02.